The molecule has 0 atom stereocenters. The summed E-state index contributed by atoms with van der Waals surface area (Å²) in [6.07, 6.45) is 4.00. The second-order valence-electron chi connectivity index (χ2n) is 3.44. The Hall–Kier alpha value is -0.800. The molecule has 0 unspecified atom stereocenters. The van der Waals surface area contributed by atoms with E-state index >= 15 is 0 Å². The molecular weight excluding hydrogens is 176 g/mol. The Labute approximate surface area is 85.9 Å². The number of unbranched alkanes of at least 4 members (excludes halogenated alkanes) is 1. The number of rotatable bonds is 7. The first kappa shape index (κ1) is 11.3. The second-order valence-corrected chi connectivity index (χ2v) is 3.44. The van der Waals surface area contributed by atoms with Crippen molar-refractivity contribution in [3.8, 4) is 0 Å². The molecule has 0 aliphatic carbocycles. The van der Waals surface area contributed by atoms with Crippen molar-refractivity contribution in [3.63, 3.8) is 0 Å². The van der Waals surface area contributed by atoms with E-state index in [1.165, 1.54) is 6.42 Å². The Morgan fingerprint density at radius 1 is 1.43 bits per heavy atom. The quantitative estimate of drug-likeness (QED) is 0.677. The zero-order valence-electron chi connectivity index (χ0n) is 8.91. The third-order valence-corrected chi connectivity index (χ3v) is 2.34. The number of hydrogen-bond acceptors (Lipinski definition) is 3. The lowest BCUT2D eigenvalue weighted by Crippen LogP contribution is -2.24. The van der Waals surface area contributed by atoms with Crippen molar-refractivity contribution in [2.75, 3.05) is 19.6 Å². The maximum Gasteiger partial charge on any atom is 0.117 e. The highest BCUT2D eigenvalue weighted by atomic mass is 16.3. The van der Waals surface area contributed by atoms with Crippen LogP contribution in [-0.4, -0.2) is 24.5 Å². The van der Waals surface area contributed by atoms with Crippen molar-refractivity contribution >= 4 is 0 Å². The lowest BCUT2D eigenvalue weighted by molar-refractivity contribution is 0.251. The van der Waals surface area contributed by atoms with Gasteiger partial charge in [0, 0.05) is 0 Å². The van der Waals surface area contributed by atoms with E-state index in [0.29, 0.717) is 0 Å². The molecule has 1 heterocycles. The highest BCUT2D eigenvalue weighted by Gasteiger charge is 2.04. The van der Waals surface area contributed by atoms with Crippen LogP contribution < -0.4 is 5.73 Å². The molecule has 0 bridgehead atoms. The summed E-state index contributed by atoms with van der Waals surface area (Å²) in [6, 6.07) is 3.95. The Morgan fingerprint density at radius 3 is 2.86 bits per heavy atom. The molecule has 1 rings (SSSR count). The fraction of sp³-hybridized carbons (Fsp3) is 0.636. The summed E-state index contributed by atoms with van der Waals surface area (Å²) < 4.78 is 5.31. The van der Waals surface area contributed by atoms with Crippen LogP contribution in [0.25, 0.3) is 0 Å². The van der Waals surface area contributed by atoms with Crippen molar-refractivity contribution in [1.29, 1.82) is 0 Å². The highest BCUT2D eigenvalue weighted by Crippen LogP contribution is 2.05. The average molecular weight is 196 g/mol. The summed E-state index contributed by atoms with van der Waals surface area (Å²) in [4.78, 5) is 2.37. The van der Waals surface area contributed by atoms with E-state index in [0.717, 1.165) is 38.4 Å². The lowest BCUT2D eigenvalue weighted by atomic mass is 10.3. The zero-order chi connectivity index (χ0) is 10.2. The van der Waals surface area contributed by atoms with Gasteiger partial charge < -0.3 is 10.2 Å². The summed E-state index contributed by atoms with van der Waals surface area (Å²) in [5, 5.41) is 0. The Kier molecular flexibility index (Phi) is 5.33. The first-order chi connectivity index (χ1) is 6.86. The standard InChI is InChI=1S/C11H20N2O/c1-2-13(8-4-3-7-12)10-11-6-5-9-14-11/h5-6,9H,2-4,7-8,10,12H2,1H3. The van der Waals surface area contributed by atoms with Crippen LogP contribution in [0.5, 0.6) is 0 Å². The monoisotopic (exact) mass is 196 g/mol. The van der Waals surface area contributed by atoms with Gasteiger partial charge in [0.25, 0.3) is 0 Å². The molecule has 80 valence electrons. The summed E-state index contributed by atoms with van der Waals surface area (Å²) in [5.74, 6) is 1.04. The van der Waals surface area contributed by atoms with Crippen LogP contribution in [0.15, 0.2) is 22.8 Å². The number of hydrogen-bond donors (Lipinski definition) is 1. The van der Waals surface area contributed by atoms with Crippen LogP contribution in [0.3, 0.4) is 0 Å². The molecule has 3 nitrogen and oxygen atoms in total. The summed E-state index contributed by atoms with van der Waals surface area (Å²) >= 11 is 0. The molecule has 0 amide bonds. The predicted molar refractivity (Wildman–Crippen MR) is 57.9 cm³/mol. The molecule has 0 aromatic carbocycles. The first-order valence-electron chi connectivity index (χ1n) is 5.31. The van der Waals surface area contributed by atoms with E-state index in [-0.39, 0.29) is 0 Å². The van der Waals surface area contributed by atoms with Gasteiger partial charge in [-0.3, -0.25) is 4.90 Å². The van der Waals surface area contributed by atoms with Gasteiger partial charge in [-0.25, -0.2) is 0 Å². The normalized spacial score (nSPS) is 11.1. The minimum atomic E-state index is 0.790. The van der Waals surface area contributed by atoms with E-state index in [9.17, 15) is 0 Å². The van der Waals surface area contributed by atoms with E-state index in [2.05, 4.69) is 11.8 Å². The molecule has 2 N–H and O–H groups in total. The SMILES string of the molecule is CCN(CCCCN)Cc1ccco1. The smallest absolute Gasteiger partial charge is 0.117 e. The summed E-state index contributed by atoms with van der Waals surface area (Å²) in [6.45, 7) is 6.04. The number of nitrogens with zero attached hydrogens (tertiary/aromatic N) is 1. The lowest BCUT2D eigenvalue weighted by Gasteiger charge is -2.18. The molecule has 0 saturated heterocycles. The van der Waals surface area contributed by atoms with Gasteiger partial charge in [0.05, 0.1) is 12.8 Å². The Bertz CT molecular complexity index is 221. The fourth-order valence-electron chi connectivity index (χ4n) is 1.45. The van der Waals surface area contributed by atoms with Gasteiger partial charge in [-0.15, -0.1) is 0 Å². The van der Waals surface area contributed by atoms with E-state index in [4.69, 9.17) is 10.2 Å². The molecular formula is C11H20N2O. The predicted octanol–water partition coefficient (Wildman–Crippen LogP) is 1.84. The van der Waals surface area contributed by atoms with Gasteiger partial charge >= 0.3 is 0 Å². The van der Waals surface area contributed by atoms with Gasteiger partial charge in [-0.1, -0.05) is 6.92 Å². The Morgan fingerprint density at radius 2 is 2.29 bits per heavy atom. The largest absolute Gasteiger partial charge is 0.468 e. The minimum Gasteiger partial charge on any atom is -0.468 e. The summed E-state index contributed by atoms with van der Waals surface area (Å²) in [5.41, 5.74) is 5.46. The molecule has 1 aromatic heterocycles. The molecule has 0 saturated carbocycles. The molecule has 0 spiro atoms. The molecule has 0 aliphatic heterocycles. The van der Waals surface area contributed by atoms with Crippen LogP contribution in [0, 0.1) is 0 Å². The van der Waals surface area contributed by atoms with Gasteiger partial charge in [-0.2, -0.15) is 0 Å². The number of furan rings is 1. The maximum absolute atomic E-state index is 5.46. The van der Waals surface area contributed by atoms with E-state index in [1.807, 2.05) is 12.1 Å². The van der Waals surface area contributed by atoms with Crippen molar-refractivity contribution in [2.45, 2.75) is 26.3 Å². The van der Waals surface area contributed by atoms with E-state index in [1.54, 1.807) is 6.26 Å². The van der Waals surface area contributed by atoms with E-state index < -0.39 is 0 Å². The average Bonchev–Trinajstić information content (AvgIpc) is 2.69. The van der Waals surface area contributed by atoms with Crippen molar-refractivity contribution in [3.05, 3.63) is 24.2 Å². The molecule has 3 heteroatoms. The molecule has 1 aromatic rings. The van der Waals surface area contributed by atoms with Crippen LogP contribution in [-0.2, 0) is 6.54 Å². The highest BCUT2D eigenvalue weighted by molar-refractivity contribution is 4.97. The summed E-state index contributed by atoms with van der Waals surface area (Å²) in [7, 11) is 0. The van der Waals surface area contributed by atoms with Gasteiger partial charge in [0.15, 0.2) is 0 Å². The van der Waals surface area contributed by atoms with Gasteiger partial charge in [0.1, 0.15) is 5.76 Å². The van der Waals surface area contributed by atoms with Crippen molar-refractivity contribution in [2.24, 2.45) is 5.73 Å². The van der Waals surface area contributed by atoms with Gasteiger partial charge in [0.2, 0.25) is 0 Å². The number of nitrogens with two attached hydrogens (primary N) is 1. The topological polar surface area (TPSA) is 42.4 Å². The Balaban J connectivity index is 2.24. The zero-order valence-corrected chi connectivity index (χ0v) is 8.91. The van der Waals surface area contributed by atoms with Crippen LogP contribution in [0.4, 0.5) is 0 Å². The molecule has 0 fully saturated rings. The second kappa shape index (κ2) is 6.62. The molecule has 0 aliphatic rings. The third-order valence-electron chi connectivity index (χ3n) is 2.34. The van der Waals surface area contributed by atoms with Crippen LogP contribution >= 0.6 is 0 Å². The third kappa shape index (κ3) is 3.94. The minimum absolute atomic E-state index is 0.790. The van der Waals surface area contributed by atoms with Gasteiger partial charge in [-0.05, 0) is 44.6 Å². The first-order valence-corrected chi connectivity index (χ1v) is 5.31. The molecule has 14 heavy (non-hydrogen) atoms. The van der Waals surface area contributed by atoms with Crippen LogP contribution in [0.1, 0.15) is 25.5 Å². The fourth-order valence-corrected chi connectivity index (χ4v) is 1.45. The van der Waals surface area contributed by atoms with Crippen molar-refractivity contribution < 1.29 is 4.42 Å². The van der Waals surface area contributed by atoms with Crippen LogP contribution in [0.2, 0.25) is 0 Å². The maximum atomic E-state index is 5.46. The molecule has 0 radical (unpaired) electrons. The van der Waals surface area contributed by atoms with Crippen molar-refractivity contribution in [1.82, 2.24) is 4.90 Å².